The van der Waals surface area contributed by atoms with Gasteiger partial charge in [0.05, 0.1) is 5.92 Å². The van der Waals surface area contributed by atoms with Gasteiger partial charge in [0.1, 0.15) is 11.4 Å². The highest BCUT2D eigenvalue weighted by Gasteiger charge is 2.52. The largest absolute Gasteiger partial charge is 0.342 e. The van der Waals surface area contributed by atoms with E-state index < -0.39 is 17.5 Å². The van der Waals surface area contributed by atoms with Crippen molar-refractivity contribution in [3.05, 3.63) is 35.6 Å². The molecule has 4 rings (SSSR count). The van der Waals surface area contributed by atoms with Gasteiger partial charge < -0.3 is 15.1 Å². The van der Waals surface area contributed by atoms with Crippen LogP contribution in [0.15, 0.2) is 24.3 Å². The lowest BCUT2D eigenvalue weighted by Gasteiger charge is -2.38. The van der Waals surface area contributed by atoms with Gasteiger partial charge in [0.25, 0.3) is 5.91 Å². The lowest BCUT2D eigenvalue weighted by Crippen LogP contribution is -2.56. The molecule has 1 spiro atoms. The zero-order valence-electron chi connectivity index (χ0n) is 16.2. The maximum atomic E-state index is 13.4. The molecule has 1 atom stereocenters. The SMILES string of the molecule is CN1C(=O)NC2(CCN(C(=O)[C@@H]3CC(=O)N(Cc4cccc(F)c4)C3)CC2)C1=O. The van der Waals surface area contributed by atoms with Crippen molar-refractivity contribution in [3.63, 3.8) is 0 Å². The number of rotatable bonds is 3. The third-order valence-corrected chi connectivity index (χ3v) is 6.12. The molecule has 5 amide bonds. The van der Waals surface area contributed by atoms with E-state index in [1.807, 2.05) is 0 Å². The first-order valence-electron chi connectivity index (χ1n) is 9.70. The van der Waals surface area contributed by atoms with Crippen LogP contribution in [-0.2, 0) is 20.9 Å². The first-order valence-corrected chi connectivity index (χ1v) is 9.70. The molecule has 3 aliphatic rings. The number of hydrogen-bond acceptors (Lipinski definition) is 4. The van der Waals surface area contributed by atoms with Gasteiger partial charge in [-0.15, -0.1) is 0 Å². The van der Waals surface area contributed by atoms with Crippen molar-refractivity contribution in [2.45, 2.75) is 31.3 Å². The highest BCUT2D eigenvalue weighted by molar-refractivity contribution is 6.07. The molecule has 3 heterocycles. The predicted octanol–water partition coefficient (Wildman–Crippen LogP) is 0.717. The molecule has 3 saturated heterocycles. The molecule has 0 saturated carbocycles. The molecule has 0 aromatic heterocycles. The average molecular weight is 402 g/mol. The van der Waals surface area contributed by atoms with Crippen LogP contribution in [0, 0.1) is 11.7 Å². The summed E-state index contributed by atoms with van der Waals surface area (Å²) in [5.41, 5.74) is -0.233. The first kappa shape index (κ1) is 19.4. The minimum absolute atomic E-state index is 0.111. The molecule has 9 heteroatoms. The Morgan fingerprint density at radius 2 is 1.97 bits per heavy atom. The Balaban J connectivity index is 1.36. The maximum Gasteiger partial charge on any atom is 0.324 e. The normalized spacial score (nSPS) is 23.9. The van der Waals surface area contributed by atoms with Crippen molar-refractivity contribution in [1.82, 2.24) is 20.0 Å². The van der Waals surface area contributed by atoms with Crippen LogP contribution in [0.3, 0.4) is 0 Å². The van der Waals surface area contributed by atoms with Crippen LogP contribution in [0.25, 0.3) is 0 Å². The molecular weight excluding hydrogens is 379 g/mol. The summed E-state index contributed by atoms with van der Waals surface area (Å²) in [5, 5.41) is 2.75. The molecular formula is C20H23FN4O4. The van der Waals surface area contributed by atoms with E-state index >= 15 is 0 Å². The second-order valence-electron chi connectivity index (χ2n) is 8.01. The number of carbonyl (C=O) groups is 4. The Labute approximate surface area is 167 Å². The summed E-state index contributed by atoms with van der Waals surface area (Å²) in [7, 11) is 1.45. The molecule has 29 heavy (non-hydrogen) atoms. The summed E-state index contributed by atoms with van der Waals surface area (Å²) in [5.74, 6) is -1.29. The molecule has 0 unspecified atom stereocenters. The van der Waals surface area contributed by atoms with Gasteiger partial charge in [-0.1, -0.05) is 12.1 Å². The molecule has 154 valence electrons. The van der Waals surface area contributed by atoms with Gasteiger partial charge >= 0.3 is 6.03 Å². The van der Waals surface area contributed by atoms with Crippen LogP contribution in [0.4, 0.5) is 9.18 Å². The van der Waals surface area contributed by atoms with Crippen LogP contribution in [0.5, 0.6) is 0 Å². The number of likely N-dealkylation sites (tertiary alicyclic amines) is 2. The Hall–Kier alpha value is -2.97. The number of urea groups is 1. The van der Waals surface area contributed by atoms with E-state index in [9.17, 15) is 23.6 Å². The number of carbonyl (C=O) groups excluding carboxylic acids is 4. The van der Waals surface area contributed by atoms with Gasteiger partial charge in [0.15, 0.2) is 0 Å². The monoisotopic (exact) mass is 402 g/mol. The summed E-state index contributed by atoms with van der Waals surface area (Å²) in [4.78, 5) is 53.7. The van der Waals surface area contributed by atoms with Crippen molar-refractivity contribution in [3.8, 4) is 0 Å². The predicted molar refractivity (Wildman–Crippen MR) is 99.8 cm³/mol. The molecule has 0 aliphatic carbocycles. The number of nitrogens with zero attached hydrogens (tertiary/aromatic N) is 3. The van der Waals surface area contributed by atoms with Crippen molar-refractivity contribution >= 4 is 23.8 Å². The van der Waals surface area contributed by atoms with Gasteiger partial charge in [-0.2, -0.15) is 0 Å². The van der Waals surface area contributed by atoms with E-state index in [0.717, 1.165) is 4.90 Å². The second kappa shape index (κ2) is 7.13. The van der Waals surface area contributed by atoms with Crippen LogP contribution in [-0.4, -0.2) is 70.7 Å². The second-order valence-corrected chi connectivity index (χ2v) is 8.01. The molecule has 3 fully saturated rings. The van der Waals surface area contributed by atoms with Crippen molar-refractivity contribution < 1.29 is 23.6 Å². The van der Waals surface area contributed by atoms with Crippen LogP contribution in [0.1, 0.15) is 24.8 Å². The van der Waals surface area contributed by atoms with Crippen LogP contribution < -0.4 is 5.32 Å². The van der Waals surface area contributed by atoms with Crippen molar-refractivity contribution in [1.29, 1.82) is 0 Å². The van der Waals surface area contributed by atoms with Crippen LogP contribution >= 0.6 is 0 Å². The number of likely N-dealkylation sites (N-methyl/N-ethyl adjacent to an activating group) is 1. The summed E-state index contributed by atoms with van der Waals surface area (Å²) in [6, 6.07) is 5.66. The number of amides is 5. The molecule has 0 bridgehead atoms. The van der Waals surface area contributed by atoms with E-state index in [4.69, 9.17) is 0 Å². The van der Waals surface area contributed by atoms with Crippen molar-refractivity contribution in [2.75, 3.05) is 26.7 Å². The zero-order chi connectivity index (χ0) is 20.8. The minimum atomic E-state index is -0.919. The van der Waals surface area contributed by atoms with Gasteiger partial charge in [-0.05, 0) is 30.5 Å². The van der Waals surface area contributed by atoms with E-state index in [0.29, 0.717) is 38.0 Å². The van der Waals surface area contributed by atoms with Gasteiger partial charge in [-0.3, -0.25) is 19.3 Å². The molecule has 8 nitrogen and oxygen atoms in total. The Kier molecular flexibility index (Phi) is 4.76. The zero-order valence-corrected chi connectivity index (χ0v) is 16.2. The average Bonchev–Trinajstić information content (AvgIpc) is 3.15. The fraction of sp³-hybridized carbons (Fsp3) is 0.500. The first-order chi connectivity index (χ1) is 13.8. The number of hydrogen-bond donors (Lipinski definition) is 1. The van der Waals surface area contributed by atoms with E-state index in [-0.39, 0.29) is 36.5 Å². The quantitative estimate of drug-likeness (QED) is 0.755. The highest BCUT2D eigenvalue weighted by atomic mass is 19.1. The smallest absolute Gasteiger partial charge is 0.324 e. The fourth-order valence-corrected chi connectivity index (χ4v) is 4.41. The van der Waals surface area contributed by atoms with Crippen molar-refractivity contribution in [2.24, 2.45) is 5.92 Å². The van der Waals surface area contributed by atoms with Gasteiger partial charge in [0, 0.05) is 39.6 Å². The summed E-state index contributed by atoms with van der Waals surface area (Å²) < 4.78 is 13.4. The van der Waals surface area contributed by atoms with E-state index in [2.05, 4.69) is 5.32 Å². The summed E-state index contributed by atoms with van der Waals surface area (Å²) >= 11 is 0. The molecule has 1 aromatic carbocycles. The number of benzene rings is 1. The number of halogens is 1. The summed E-state index contributed by atoms with van der Waals surface area (Å²) in [6.07, 6.45) is 0.858. The topological polar surface area (TPSA) is 90.0 Å². The number of imide groups is 1. The summed E-state index contributed by atoms with van der Waals surface area (Å²) in [6.45, 7) is 1.28. The van der Waals surface area contributed by atoms with Gasteiger partial charge in [-0.25, -0.2) is 9.18 Å². The molecule has 1 N–H and O–H groups in total. The van der Waals surface area contributed by atoms with Crippen LogP contribution in [0.2, 0.25) is 0 Å². The standard InChI is InChI=1S/C20H23FN4O4/c1-23-18(28)20(22-19(23)29)5-7-24(8-6-20)17(27)14-10-16(26)25(12-14)11-13-3-2-4-15(21)9-13/h2-4,9,14H,5-8,10-12H2,1H3,(H,22,29)/t14-/m1/s1. The Morgan fingerprint density at radius 3 is 2.59 bits per heavy atom. The number of piperidine rings is 1. The maximum absolute atomic E-state index is 13.4. The lowest BCUT2D eigenvalue weighted by molar-refractivity contribution is -0.140. The minimum Gasteiger partial charge on any atom is -0.342 e. The molecule has 3 aliphatic heterocycles. The highest BCUT2D eigenvalue weighted by Crippen LogP contribution is 2.30. The number of nitrogens with one attached hydrogen (secondary N) is 1. The fourth-order valence-electron chi connectivity index (χ4n) is 4.41. The Morgan fingerprint density at radius 1 is 1.24 bits per heavy atom. The third-order valence-electron chi connectivity index (χ3n) is 6.12. The van der Waals surface area contributed by atoms with E-state index in [1.54, 1.807) is 21.9 Å². The van der Waals surface area contributed by atoms with Gasteiger partial charge in [0.2, 0.25) is 11.8 Å². The Bertz CT molecular complexity index is 881. The lowest BCUT2D eigenvalue weighted by atomic mass is 9.87. The molecule has 1 aromatic rings. The molecule has 0 radical (unpaired) electrons. The van der Waals surface area contributed by atoms with E-state index in [1.165, 1.54) is 19.2 Å². The third kappa shape index (κ3) is 3.45.